The molecule has 0 saturated heterocycles. The van der Waals surface area contributed by atoms with Gasteiger partial charge in [-0.05, 0) is 33.3 Å². The minimum Gasteiger partial charge on any atom is -0.443 e. The number of hydrogen-bond acceptors (Lipinski definition) is 3. The first-order chi connectivity index (χ1) is 10.3. The number of ether oxygens (including phenoxy) is 1. The van der Waals surface area contributed by atoms with Crippen molar-refractivity contribution in [2.45, 2.75) is 47.1 Å². The Kier molecular flexibility index (Phi) is 8.17. The molecule has 0 aliphatic heterocycles. The van der Waals surface area contributed by atoms with E-state index in [9.17, 15) is 9.59 Å². The van der Waals surface area contributed by atoms with Crippen molar-refractivity contribution in [1.29, 1.82) is 0 Å². The molecular formula is C18H27NO3. The van der Waals surface area contributed by atoms with Crippen molar-refractivity contribution in [3.63, 3.8) is 0 Å². The van der Waals surface area contributed by atoms with Crippen molar-refractivity contribution in [2.75, 3.05) is 7.05 Å². The standard InChI is InChI=1S/C16H21NO3.C2H6/c1-6-14(13-9-7-12(11-18)8-10-13)17(5)15(19)20-16(2,3)4;1-2/h6-11H,1-5H3;1-2H3/b14-6-;. The lowest BCUT2D eigenvalue weighted by atomic mass is 10.1. The van der Waals surface area contributed by atoms with Gasteiger partial charge in [0.05, 0.1) is 0 Å². The Morgan fingerprint density at radius 3 is 2.00 bits per heavy atom. The summed E-state index contributed by atoms with van der Waals surface area (Å²) in [6.07, 6.45) is 2.21. The zero-order valence-corrected chi connectivity index (χ0v) is 14.6. The highest BCUT2D eigenvalue weighted by Crippen LogP contribution is 2.20. The van der Waals surface area contributed by atoms with Gasteiger partial charge in [-0.25, -0.2) is 4.79 Å². The second-order valence-corrected chi connectivity index (χ2v) is 5.45. The molecule has 4 heteroatoms. The molecule has 0 bridgehead atoms. The monoisotopic (exact) mass is 305 g/mol. The van der Waals surface area contributed by atoms with Crippen LogP contribution in [0.2, 0.25) is 0 Å². The third-order valence-corrected chi connectivity index (χ3v) is 2.64. The smallest absolute Gasteiger partial charge is 0.414 e. The van der Waals surface area contributed by atoms with E-state index < -0.39 is 11.7 Å². The molecule has 22 heavy (non-hydrogen) atoms. The maximum absolute atomic E-state index is 12.1. The largest absolute Gasteiger partial charge is 0.443 e. The van der Waals surface area contributed by atoms with E-state index in [0.717, 1.165) is 17.5 Å². The normalized spacial score (nSPS) is 11.1. The minimum atomic E-state index is -0.536. The van der Waals surface area contributed by atoms with Crippen molar-refractivity contribution in [1.82, 2.24) is 4.90 Å². The van der Waals surface area contributed by atoms with Crippen molar-refractivity contribution in [3.05, 3.63) is 41.5 Å². The van der Waals surface area contributed by atoms with Crippen LogP contribution in [-0.4, -0.2) is 29.9 Å². The van der Waals surface area contributed by atoms with E-state index in [1.165, 1.54) is 4.90 Å². The molecule has 0 atom stereocenters. The molecule has 1 aromatic carbocycles. The summed E-state index contributed by atoms with van der Waals surface area (Å²) in [6.45, 7) is 11.3. The van der Waals surface area contributed by atoms with Crippen LogP contribution in [-0.2, 0) is 4.74 Å². The van der Waals surface area contributed by atoms with Crippen LogP contribution in [0.1, 0.15) is 57.5 Å². The second-order valence-electron chi connectivity index (χ2n) is 5.45. The molecule has 1 aromatic rings. The maximum atomic E-state index is 12.1. The summed E-state index contributed by atoms with van der Waals surface area (Å²) in [7, 11) is 1.66. The van der Waals surface area contributed by atoms with Gasteiger partial charge >= 0.3 is 6.09 Å². The van der Waals surface area contributed by atoms with E-state index in [1.54, 1.807) is 31.3 Å². The van der Waals surface area contributed by atoms with E-state index in [4.69, 9.17) is 4.74 Å². The van der Waals surface area contributed by atoms with Crippen LogP contribution in [0.25, 0.3) is 5.70 Å². The third kappa shape index (κ3) is 6.12. The number of hydrogen-bond donors (Lipinski definition) is 0. The van der Waals surface area contributed by atoms with Crippen molar-refractivity contribution in [2.24, 2.45) is 0 Å². The van der Waals surface area contributed by atoms with E-state index >= 15 is 0 Å². The topological polar surface area (TPSA) is 46.6 Å². The lowest BCUT2D eigenvalue weighted by Crippen LogP contribution is -2.33. The molecule has 4 nitrogen and oxygen atoms in total. The van der Waals surface area contributed by atoms with Crippen LogP contribution in [0.3, 0.4) is 0 Å². The molecule has 0 spiro atoms. The van der Waals surface area contributed by atoms with Crippen LogP contribution in [0.15, 0.2) is 30.3 Å². The van der Waals surface area contributed by atoms with Gasteiger partial charge < -0.3 is 4.74 Å². The van der Waals surface area contributed by atoms with Crippen LogP contribution in [0, 0.1) is 0 Å². The predicted molar refractivity (Wildman–Crippen MR) is 90.8 cm³/mol. The minimum absolute atomic E-state index is 0.412. The summed E-state index contributed by atoms with van der Waals surface area (Å²) in [6, 6.07) is 7.05. The molecule has 1 rings (SSSR count). The number of carbonyl (C=O) groups is 2. The Morgan fingerprint density at radius 1 is 1.14 bits per heavy atom. The van der Waals surface area contributed by atoms with E-state index in [2.05, 4.69) is 0 Å². The molecule has 0 aliphatic carbocycles. The van der Waals surface area contributed by atoms with Gasteiger partial charge in [-0.15, -0.1) is 0 Å². The molecule has 0 saturated carbocycles. The van der Waals surface area contributed by atoms with Gasteiger partial charge in [-0.3, -0.25) is 9.69 Å². The summed E-state index contributed by atoms with van der Waals surface area (Å²) in [4.78, 5) is 24.2. The number of allylic oxidation sites excluding steroid dienone is 1. The quantitative estimate of drug-likeness (QED) is 0.757. The van der Waals surface area contributed by atoms with Gasteiger partial charge in [0.15, 0.2) is 0 Å². The number of rotatable bonds is 3. The van der Waals surface area contributed by atoms with Crippen LogP contribution < -0.4 is 0 Å². The fraction of sp³-hybridized carbons (Fsp3) is 0.444. The lowest BCUT2D eigenvalue weighted by molar-refractivity contribution is 0.0387. The van der Waals surface area contributed by atoms with E-state index in [1.807, 2.05) is 47.6 Å². The van der Waals surface area contributed by atoms with Crippen LogP contribution in [0.4, 0.5) is 4.79 Å². The first-order valence-electron chi connectivity index (χ1n) is 7.47. The Bertz CT molecular complexity index is 510. The van der Waals surface area contributed by atoms with Gasteiger partial charge in [0.2, 0.25) is 0 Å². The Labute approximate surface area is 133 Å². The number of carbonyl (C=O) groups excluding carboxylic acids is 2. The highest BCUT2D eigenvalue weighted by Gasteiger charge is 2.22. The lowest BCUT2D eigenvalue weighted by Gasteiger charge is -2.26. The molecule has 0 radical (unpaired) electrons. The fourth-order valence-electron chi connectivity index (χ4n) is 1.72. The second kappa shape index (κ2) is 9.03. The predicted octanol–water partition coefficient (Wildman–Crippen LogP) is 4.75. The van der Waals surface area contributed by atoms with Gasteiger partial charge in [0.1, 0.15) is 11.9 Å². The first kappa shape index (κ1) is 19.9. The van der Waals surface area contributed by atoms with Crippen LogP contribution in [0.5, 0.6) is 0 Å². The summed E-state index contributed by atoms with van der Waals surface area (Å²) >= 11 is 0. The molecule has 0 fully saturated rings. The molecule has 0 unspecified atom stereocenters. The first-order valence-corrected chi connectivity index (χ1v) is 7.47. The molecule has 1 amide bonds. The van der Waals surface area contributed by atoms with Crippen LogP contribution >= 0.6 is 0 Å². The summed E-state index contributed by atoms with van der Waals surface area (Å²) in [5.41, 5.74) is 1.65. The molecule has 0 aromatic heterocycles. The fourth-order valence-corrected chi connectivity index (χ4v) is 1.72. The van der Waals surface area contributed by atoms with Gasteiger partial charge in [-0.1, -0.05) is 44.2 Å². The molecule has 0 heterocycles. The van der Waals surface area contributed by atoms with Crippen molar-refractivity contribution >= 4 is 18.1 Å². The molecule has 0 N–H and O–H groups in total. The SMILES string of the molecule is C/C=C(/c1ccc(C=O)cc1)N(C)C(=O)OC(C)(C)C.CC. The van der Waals surface area contributed by atoms with E-state index in [0.29, 0.717) is 5.56 Å². The average Bonchev–Trinajstić information content (AvgIpc) is 2.49. The molecular weight excluding hydrogens is 278 g/mol. The summed E-state index contributed by atoms with van der Waals surface area (Å²) in [5, 5.41) is 0. The Hall–Kier alpha value is -2.10. The summed E-state index contributed by atoms with van der Waals surface area (Å²) in [5.74, 6) is 0. The Balaban J connectivity index is 0.00000211. The molecule has 122 valence electrons. The number of nitrogens with zero attached hydrogens (tertiary/aromatic N) is 1. The number of aldehydes is 1. The number of benzene rings is 1. The average molecular weight is 305 g/mol. The van der Waals surface area contributed by atoms with Crippen molar-refractivity contribution < 1.29 is 14.3 Å². The maximum Gasteiger partial charge on any atom is 0.414 e. The van der Waals surface area contributed by atoms with Gasteiger partial charge in [0.25, 0.3) is 0 Å². The summed E-state index contributed by atoms with van der Waals surface area (Å²) < 4.78 is 5.34. The highest BCUT2D eigenvalue weighted by molar-refractivity contribution is 5.83. The van der Waals surface area contributed by atoms with Crippen molar-refractivity contribution in [3.8, 4) is 0 Å². The highest BCUT2D eigenvalue weighted by atomic mass is 16.6. The number of amides is 1. The third-order valence-electron chi connectivity index (χ3n) is 2.64. The van der Waals surface area contributed by atoms with E-state index in [-0.39, 0.29) is 0 Å². The molecule has 0 aliphatic rings. The zero-order chi connectivity index (χ0) is 17.3. The van der Waals surface area contributed by atoms with Gasteiger partial charge in [0, 0.05) is 18.3 Å². The zero-order valence-electron chi connectivity index (χ0n) is 14.6. The van der Waals surface area contributed by atoms with Gasteiger partial charge in [-0.2, -0.15) is 0 Å². The Morgan fingerprint density at radius 2 is 1.64 bits per heavy atom.